The Labute approximate surface area is 157 Å². The largest absolute Gasteiger partial charge is 0.391 e. The Kier molecular flexibility index (Phi) is 4.53. The minimum absolute atomic E-state index is 0.0236. The number of hydrogen-bond donors (Lipinski definition) is 3. The third kappa shape index (κ3) is 3.50. The molecular weight excluding hydrogens is 342 g/mol. The fraction of sp³-hybridized carbons (Fsp3) is 0.350. The average molecular weight is 365 g/mol. The number of H-pyrrole nitrogens is 2. The van der Waals surface area contributed by atoms with Crippen LogP contribution < -0.4 is 0 Å². The van der Waals surface area contributed by atoms with Crippen LogP contribution in [0, 0.1) is 19.8 Å². The molecule has 0 saturated carbocycles. The summed E-state index contributed by atoms with van der Waals surface area (Å²) >= 11 is 0. The van der Waals surface area contributed by atoms with Crippen molar-refractivity contribution >= 4 is 5.91 Å². The average Bonchev–Trinajstić information content (AvgIpc) is 3.35. The van der Waals surface area contributed by atoms with E-state index in [9.17, 15) is 9.90 Å². The van der Waals surface area contributed by atoms with Crippen LogP contribution in [0.1, 0.15) is 27.6 Å². The molecule has 3 N–H and O–H groups in total. The third-order valence-corrected chi connectivity index (χ3v) is 5.06. The zero-order valence-electron chi connectivity index (χ0n) is 15.4. The standard InChI is InChI=1S/C20H23N5O2/c1-12-8-16(24-23-12)9-15-10-25(11-17(15)26)20(27)18-13(2)21-19(22-18)14-6-4-3-5-7-14/h3-8,15,17,26H,9-11H2,1-2H3,(H,21,22)(H,23,24)/t15-,17-/m1/s1. The van der Waals surface area contributed by atoms with Crippen LogP contribution in [-0.2, 0) is 6.42 Å². The number of nitrogens with zero attached hydrogens (tertiary/aromatic N) is 3. The number of β-amino-alcohol motifs (C(OH)–C–C–N with tert-alkyl or cyclic N) is 1. The Morgan fingerprint density at radius 3 is 2.74 bits per heavy atom. The molecule has 3 heterocycles. The number of carbonyl (C=O) groups is 1. The van der Waals surface area contributed by atoms with Gasteiger partial charge in [0.1, 0.15) is 11.5 Å². The second-order valence-corrected chi connectivity index (χ2v) is 7.21. The number of aromatic amines is 2. The normalized spacial score (nSPS) is 19.6. The first-order valence-electron chi connectivity index (χ1n) is 9.11. The van der Waals surface area contributed by atoms with E-state index >= 15 is 0 Å². The molecule has 27 heavy (non-hydrogen) atoms. The number of aliphatic hydroxyl groups excluding tert-OH is 1. The topological polar surface area (TPSA) is 97.9 Å². The lowest BCUT2D eigenvalue weighted by Gasteiger charge is -2.15. The molecule has 0 spiro atoms. The first-order valence-corrected chi connectivity index (χ1v) is 9.11. The highest BCUT2D eigenvalue weighted by molar-refractivity contribution is 5.94. The number of rotatable bonds is 4. The van der Waals surface area contributed by atoms with Crippen molar-refractivity contribution in [2.45, 2.75) is 26.4 Å². The number of amides is 1. The van der Waals surface area contributed by atoms with E-state index in [0.29, 0.717) is 31.0 Å². The zero-order chi connectivity index (χ0) is 19.0. The summed E-state index contributed by atoms with van der Waals surface area (Å²) in [5, 5.41) is 17.6. The summed E-state index contributed by atoms with van der Waals surface area (Å²) in [6.07, 6.45) is 0.0863. The lowest BCUT2D eigenvalue weighted by atomic mass is 10.0. The number of aryl methyl sites for hydroxylation is 2. The van der Waals surface area contributed by atoms with E-state index in [0.717, 1.165) is 22.6 Å². The van der Waals surface area contributed by atoms with Crippen LogP contribution in [0.4, 0.5) is 0 Å². The van der Waals surface area contributed by atoms with Crippen LogP contribution >= 0.6 is 0 Å². The maximum Gasteiger partial charge on any atom is 0.274 e. The van der Waals surface area contributed by atoms with E-state index in [1.165, 1.54) is 0 Å². The summed E-state index contributed by atoms with van der Waals surface area (Å²) < 4.78 is 0. The molecule has 1 saturated heterocycles. The van der Waals surface area contributed by atoms with Crippen LogP contribution in [0.2, 0.25) is 0 Å². The molecule has 0 bridgehead atoms. The summed E-state index contributed by atoms with van der Waals surface area (Å²) in [6, 6.07) is 11.7. The Bertz CT molecular complexity index is 946. The quantitative estimate of drug-likeness (QED) is 0.659. The second-order valence-electron chi connectivity index (χ2n) is 7.21. The molecule has 1 aliphatic heterocycles. The number of benzene rings is 1. The van der Waals surface area contributed by atoms with Gasteiger partial charge in [-0.1, -0.05) is 30.3 Å². The SMILES string of the molecule is Cc1cc(C[C@@H]2CN(C(=O)c3nc(-c4ccccc4)[nH]c3C)C[C@H]2O)n[nH]1. The smallest absolute Gasteiger partial charge is 0.274 e. The van der Waals surface area contributed by atoms with Crippen molar-refractivity contribution < 1.29 is 9.90 Å². The first kappa shape index (κ1) is 17.5. The monoisotopic (exact) mass is 365 g/mol. The van der Waals surface area contributed by atoms with E-state index in [4.69, 9.17) is 0 Å². The number of imidazole rings is 1. The molecule has 7 heteroatoms. The number of carbonyl (C=O) groups excluding carboxylic acids is 1. The lowest BCUT2D eigenvalue weighted by Crippen LogP contribution is -2.30. The van der Waals surface area contributed by atoms with Crippen LogP contribution in [0.3, 0.4) is 0 Å². The number of aromatic nitrogens is 4. The van der Waals surface area contributed by atoms with Gasteiger partial charge in [0.25, 0.3) is 5.91 Å². The molecule has 1 aliphatic rings. The first-order chi connectivity index (χ1) is 13.0. The summed E-state index contributed by atoms with van der Waals surface area (Å²) in [6.45, 7) is 4.62. The van der Waals surface area contributed by atoms with Crippen molar-refractivity contribution in [2.24, 2.45) is 5.92 Å². The maximum atomic E-state index is 13.0. The molecule has 3 aromatic rings. The van der Waals surface area contributed by atoms with Crippen molar-refractivity contribution in [1.29, 1.82) is 0 Å². The molecule has 1 fully saturated rings. The van der Waals surface area contributed by atoms with Gasteiger partial charge in [-0.15, -0.1) is 0 Å². The van der Waals surface area contributed by atoms with Gasteiger partial charge in [-0.2, -0.15) is 5.10 Å². The van der Waals surface area contributed by atoms with Crippen LogP contribution in [0.5, 0.6) is 0 Å². The Morgan fingerprint density at radius 1 is 1.26 bits per heavy atom. The molecule has 4 rings (SSSR count). The van der Waals surface area contributed by atoms with E-state index in [-0.39, 0.29) is 11.8 Å². The highest BCUT2D eigenvalue weighted by Crippen LogP contribution is 2.24. The van der Waals surface area contributed by atoms with Crippen molar-refractivity contribution in [1.82, 2.24) is 25.1 Å². The van der Waals surface area contributed by atoms with Crippen molar-refractivity contribution in [3.05, 3.63) is 59.2 Å². The molecule has 0 radical (unpaired) electrons. The van der Waals surface area contributed by atoms with Crippen LogP contribution in [-0.4, -0.2) is 55.3 Å². The molecule has 1 amide bonds. The predicted octanol–water partition coefficient (Wildman–Crippen LogP) is 2.09. The molecule has 7 nitrogen and oxygen atoms in total. The molecule has 1 aromatic carbocycles. The van der Waals surface area contributed by atoms with Gasteiger partial charge in [0.05, 0.1) is 11.8 Å². The van der Waals surface area contributed by atoms with E-state index in [1.807, 2.05) is 50.2 Å². The summed E-state index contributed by atoms with van der Waals surface area (Å²) in [5.74, 6) is 0.509. The summed E-state index contributed by atoms with van der Waals surface area (Å²) in [4.78, 5) is 22.4. The van der Waals surface area contributed by atoms with E-state index < -0.39 is 6.10 Å². The van der Waals surface area contributed by atoms with Gasteiger partial charge in [-0.25, -0.2) is 4.98 Å². The lowest BCUT2D eigenvalue weighted by molar-refractivity contribution is 0.0759. The van der Waals surface area contributed by atoms with Crippen LogP contribution in [0.15, 0.2) is 36.4 Å². The Hall–Kier alpha value is -2.93. The van der Waals surface area contributed by atoms with Gasteiger partial charge in [-0.3, -0.25) is 9.89 Å². The van der Waals surface area contributed by atoms with Gasteiger partial charge in [0.2, 0.25) is 0 Å². The molecule has 2 aromatic heterocycles. The number of nitrogens with one attached hydrogen (secondary N) is 2. The van der Waals surface area contributed by atoms with E-state index in [2.05, 4.69) is 20.2 Å². The molecule has 0 aliphatic carbocycles. The fourth-order valence-corrected chi connectivity index (χ4v) is 3.62. The molecule has 2 atom stereocenters. The highest BCUT2D eigenvalue weighted by atomic mass is 16.3. The van der Waals surface area contributed by atoms with Gasteiger partial charge >= 0.3 is 0 Å². The van der Waals surface area contributed by atoms with Crippen molar-refractivity contribution in [3.63, 3.8) is 0 Å². The third-order valence-electron chi connectivity index (χ3n) is 5.06. The van der Waals surface area contributed by atoms with Crippen molar-refractivity contribution in [2.75, 3.05) is 13.1 Å². The fourth-order valence-electron chi connectivity index (χ4n) is 3.62. The second kappa shape index (κ2) is 7.00. The van der Waals surface area contributed by atoms with Gasteiger partial charge in [-0.05, 0) is 26.3 Å². The number of hydrogen-bond acceptors (Lipinski definition) is 4. The Morgan fingerprint density at radius 2 is 2.04 bits per heavy atom. The predicted molar refractivity (Wildman–Crippen MR) is 101 cm³/mol. The zero-order valence-corrected chi connectivity index (χ0v) is 15.4. The summed E-state index contributed by atoms with van der Waals surface area (Å²) in [7, 11) is 0. The van der Waals surface area contributed by atoms with E-state index in [1.54, 1.807) is 4.90 Å². The van der Waals surface area contributed by atoms with Crippen LogP contribution in [0.25, 0.3) is 11.4 Å². The van der Waals surface area contributed by atoms with Gasteiger partial charge in [0.15, 0.2) is 0 Å². The van der Waals surface area contributed by atoms with Gasteiger partial charge < -0.3 is 15.0 Å². The highest BCUT2D eigenvalue weighted by Gasteiger charge is 2.36. The molecular formula is C20H23N5O2. The number of aliphatic hydroxyl groups is 1. The van der Waals surface area contributed by atoms with Crippen molar-refractivity contribution in [3.8, 4) is 11.4 Å². The summed E-state index contributed by atoms with van der Waals surface area (Å²) in [5.41, 5.74) is 3.99. The Balaban J connectivity index is 1.49. The molecule has 140 valence electrons. The molecule has 0 unspecified atom stereocenters. The maximum absolute atomic E-state index is 13.0. The number of likely N-dealkylation sites (tertiary alicyclic amines) is 1. The minimum Gasteiger partial charge on any atom is -0.391 e. The minimum atomic E-state index is -0.557. The van der Waals surface area contributed by atoms with Gasteiger partial charge in [0, 0.05) is 36.0 Å².